The highest BCUT2D eigenvalue weighted by molar-refractivity contribution is 5.95. The molecular formula is C29H37N5O4. The number of para-hydroxylation sites is 1. The number of piperidine rings is 1. The fraction of sp³-hybridized carbons (Fsp3) is 0.414. The number of nitrogens with one attached hydrogen (secondary N) is 2. The summed E-state index contributed by atoms with van der Waals surface area (Å²) in [6, 6.07) is 17.0. The third kappa shape index (κ3) is 7.06. The van der Waals surface area contributed by atoms with E-state index in [1.807, 2.05) is 51.4 Å². The van der Waals surface area contributed by atoms with Crippen LogP contribution >= 0.6 is 0 Å². The lowest BCUT2D eigenvalue weighted by Gasteiger charge is -2.42. The molecule has 202 valence electrons. The monoisotopic (exact) mass is 519 g/mol. The number of nitrogens with zero attached hydrogens (tertiary/aromatic N) is 3. The van der Waals surface area contributed by atoms with Crippen LogP contribution in [0.15, 0.2) is 54.6 Å². The first-order valence-corrected chi connectivity index (χ1v) is 13.0. The quantitative estimate of drug-likeness (QED) is 0.279. The number of hydrogen-bond donors (Lipinski definition) is 3. The Morgan fingerprint density at radius 1 is 1.11 bits per heavy atom. The number of likely N-dealkylation sites (N-methyl/N-ethyl adjacent to an activating group) is 1. The van der Waals surface area contributed by atoms with Crippen molar-refractivity contribution in [2.45, 2.75) is 38.3 Å². The number of rotatable bonds is 10. The molecule has 9 nitrogen and oxygen atoms in total. The number of ether oxygens (including phenoxy) is 1. The van der Waals surface area contributed by atoms with Gasteiger partial charge in [0.25, 0.3) is 5.91 Å². The van der Waals surface area contributed by atoms with E-state index in [1.165, 1.54) is 0 Å². The Morgan fingerprint density at radius 2 is 1.82 bits per heavy atom. The van der Waals surface area contributed by atoms with Gasteiger partial charge >= 0.3 is 0 Å². The van der Waals surface area contributed by atoms with Crippen molar-refractivity contribution in [1.29, 1.82) is 0 Å². The van der Waals surface area contributed by atoms with Crippen LogP contribution < -0.4 is 15.5 Å². The summed E-state index contributed by atoms with van der Waals surface area (Å²) in [5.41, 5.74) is 4.41. The molecule has 0 atom stereocenters. The standard InChI is InChI=1S/C29H37N5O4/c1-21-18-23(25-6-4-5-7-26(25)30-21)20-38-24-10-8-22(9-11-24)28(36)31-29(19-27(35)32-37)12-14-34(15-13-29)17-16-33(2)3/h4-11,18,37H,12-17,19-20H2,1-3H3,(H,31,36)(H,32,35). The Morgan fingerprint density at radius 3 is 2.50 bits per heavy atom. The number of carbonyl (C=O) groups excluding carboxylic acids is 2. The Hall–Kier alpha value is -3.53. The van der Waals surface area contributed by atoms with Crippen molar-refractivity contribution in [1.82, 2.24) is 25.6 Å². The fourth-order valence-corrected chi connectivity index (χ4v) is 4.93. The second-order valence-electron chi connectivity index (χ2n) is 10.3. The molecular weight excluding hydrogens is 482 g/mol. The van der Waals surface area contributed by atoms with Crippen molar-refractivity contribution in [3.63, 3.8) is 0 Å². The average Bonchev–Trinajstić information content (AvgIpc) is 2.91. The van der Waals surface area contributed by atoms with Gasteiger partial charge in [-0.3, -0.25) is 19.8 Å². The number of amides is 2. The molecule has 1 aliphatic heterocycles. The van der Waals surface area contributed by atoms with E-state index in [-0.39, 0.29) is 12.3 Å². The summed E-state index contributed by atoms with van der Waals surface area (Å²) in [7, 11) is 4.08. The highest BCUT2D eigenvalue weighted by Crippen LogP contribution is 2.27. The summed E-state index contributed by atoms with van der Waals surface area (Å²) < 4.78 is 6.03. The second kappa shape index (κ2) is 12.3. The molecule has 4 rings (SSSR count). The van der Waals surface area contributed by atoms with Gasteiger partial charge in [0.15, 0.2) is 0 Å². The van der Waals surface area contributed by atoms with Gasteiger partial charge in [0.1, 0.15) is 12.4 Å². The van der Waals surface area contributed by atoms with Gasteiger partial charge in [-0.05, 0) is 70.3 Å². The number of hydroxylamine groups is 1. The highest BCUT2D eigenvalue weighted by Gasteiger charge is 2.38. The average molecular weight is 520 g/mol. The Bertz CT molecular complexity index is 1250. The molecule has 0 aliphatic carbocycles. The number of carbonyl (C=O) groups is 2. The Balaban J connectivity index is 1.39. The summed E-state index contributed by atoms with van der Waals surface area (Å²) in [6.45, 7) is 5.76. The van der Waals surface area contributed by atoms with E-state index in [0.717, 1.165) is 48.3 Å². The van der Waals surface area contributed by atoms with Gasteiger partial charge in [-0.25, -0.2) is 5.48 Å². The maximum atomic E-state index is 13.2. The SMILES string of the molecule is Cc1cc(COc2ccc(C(=O)NC3(CC(=O)NO)CCN(CCN(C)C)CC3)cc2)c2ccccc2n1. The summed E-state index contributed by atoms with van der Waals surface area (Å²) in [6.07, 6.45) is 1.28. The van der Waals surface area contributed by atoms with Crippen molar-refractivity contribution in [3.05, 3.63) is 71.4 Å². The van der Waals surface area contributed by atoms with E-state index < -0.39 is 11.4 Å². The molecule has 0 spiro atoms. The van der Waals surface area contributed by atoms with E-state index in [0.29, 0.717) is 30.8 Å². The van der Waals surface area contributed by atoms with Gasteiger partial charge in [-0.2, -0.15) is 0 Å². The summed E-state index contributed by atoms with van der Waals surface area (Å²) >= 11 is 0. The minimum absolute atomic E-state index is 0.0251. The maximum absolute atomic E-state index is 13.2. The number of likely N-dealkylation sites (tertiary alicyclic amines) is 1. The van der Waals surface area contributed by atoms with Crippen LogP contribution in [0.1, 0.15) is 40.9 Å². The molecule has 0 radical (unpaired) electrons. The van der Waals surface area contributed by atoms with Crippen molar-refractivity contribution < 1.29 is 19.5 Å². The van der Waals surface area contributed by atoms with Gasteiger partial charge in [-0.1, -0.05) is 18.2 Å². The lowest BCUT2D eigenvalue weighted by Crippen LogP contribution is -2.57. The molecule has 1 saturated heterocycles. The van der Waals surface area contributed by atoms with Crippen LogP contribution in [0.25, 0.3) is 10.9 Å². The van der Waals surface area contributed by atoms with E-state index in [4.69, 9.17) is 9.94 Å². The number of benzene rings is 2. The number of aromatic nitrogens is 1. The first-order valence-electron chi connectivity index (χ1n) is 13.0. The van der Waals surface area contributed by atoms with Crippen LogP contribution in [0.2, 0.25) is 0 Å². The molecule has 2 heterocycles. The molecule has 3 N–H and O–H groups in total. The van der Waals surface area contributed by atoms with Gasteiger partial charge in [0.05, 0.1) is 17.5 Å². The molecule has 9 heteroatoms. The van der Waals surface area contributed by atoms with Gasteiger partial charge in [-0.15, -0.1) is 0 Å². The fourth-order valence-electron chi connectivity index (χ4n) is 4.93. The van der Waals surface area contributed by atoms with Crippen LogP contribution in [-0.4, -0.2) is 77.6 Å². The van der Waals surface area contributed by atoms with Crippen molar-refractivity contribution >= 4 is 22.7 Å². The van der Waals surface area contributed by atoms with Crippen LogP contribution in [-0.2, 0) is 11.4 Å². The largest absolute Gasteiger partial charge is 0.489 e. The molecule has 0 saturated carbocycles. The first kappa shape index (κ1) is 27.5. The third-order valence-electron chi connectivity index (χ3n) is 7.12. The van der Waals surface area contributed by atoms with E-state index >= 15 is 0 Å². The number of pyridine rings is 1. The topological polar surface area (TPSA) is 107 Å². The molecule has 2 aromatic carbocycles. The molecule has 3 aromatic rings. The summed E-state index contributed by atoms with van der Waals surface area (Å²) in [4.78, 5) is 34.3. The van der Waals surface area contributed by atoms with Crippen molar-refractivity contribution in [2.24, 2.45) is 0 Å². The second-order valence-corrected chi connectivity index (χ2v) is 10.3. The zero-order valence-electron chi connectivity index (χ0n) is 22.4. The molecule has 1 aliphatic rings. The van der Waals surface area contributed by atoms with E-state index in [2.05, 4.69) is 20.1 Å². The minimum atomic E-state index is -0.714. The van der Waals surface area contributed by atoms with Crippen LogP contribution in [0.4, 0.5) is 0 Å². The molecule has 38 heavy (non-hydrogen) atoms. The van der Waals surface area contributed by atoms with Crippen molar-refractivity contribution in [3.8, 4) is 5.75 Å². The molecule has 0 unspecified atom stereocenters. The zero-order chi connectivity index (χ0) is 27.1. The maximum Gasteiger partial charge on any atom is 0.251 e. The first-order chi connectivity index (χ1) is 18.3. The molecule has 1 aromatic heterocycles. The van der Waals surface area contributed by atoms with Crippen LogP contribution in [0.5, 0.6) is 5.75 Å². The number of fused-ring (bicyclic) bond motifs is 1. The lowest BCUT2D eigenvalue weighted by molar-refractivity contribution is -0.131. The number of aryl methyl sites for hydroxylation is 1. The minimum Gasteiger partial charge on any atom is -0.489 e. The summed E-state index contributed by atoms with van der Waals surface area (Å²) in [5, 5.41) is 13.3. The van der Waals surface area contributed by atoms with E-state index in [9.17, 15) is 9.59 Å². The predicted octanol–water partition coefficient (Wildman–Crippen LogP) is 3.14. The summed E-state index contributed by atoms with van der Waals surface area (Å²) in [5.74, 6) is -0.0990. The zero-order valence-corrected chi connectivity index (χ0v) is 22.4. The van der Waals surface area contributed by atoms with Crippen LogP contribution in [0.3, 0.4) is 0 Å². The predicted molar refractivity (Wildman–Crippen MR) is 146 cm³/mol. The van der Waals surface area contributed by atoms with Gasteiger partial charge in [0.2, 0.25) is 5.91 Å². The number of hydrogen-bond acceptors (Lipinski definition) is 7. The normalized spacial score (nSPS) is 15.4. The highest BCUT2D eigenvalue weighted by atomic mass is 16.5. The smallest absolute Gasteiger partial charge is 0.251 e. The third-order valence-corrected chi connectivity index (χ3v) is 7.12. The Kier molecular flexibility index (Phi) is 8.93. The van der Waals surface area contributed by atoms with Crippen molar-refractivity contribution in [2.75, 3.05) is 40.3 Å². The molecule has 2 amide bonds. The molecule has 1 fully saturated rings. The van der Waals surface area contributed by atoms with E-state index in [1.54, 1.807) is 29.7 Å². The van der Waals surface area contributed by atoms with Gasteiger partial charge < -0.3 is 19.9 Å². The molecule has 0 bridgehead atoms. The van der Waals surface area contributed by atoms with Gasteiger partial charge in [0, 0.05) is 48.4 Å². The van der Waals surface area contributed by atoms with Crippen LogP contribution in [0, 0.1) is 6.92 Å². The lowest BCUT2D eigenvalue weighted by atomic mass is 9.83. The Labute approximate surface area is 223 Å².